The molecule has 0 unspecified atom stereocenters. The highest BCUT2D eigenvalue weighted by Crippen LogP contribution is 2.64. The van der Waals surface area contributed by atoms with Gasteiger partial charge in [0.1, 0.15) is 5.75 Å². The molecule has 3 aromatic rings. The molecule has 2 aliphatic heterocycles. The van der Waals surface area contributed by atoms with Crippen molar-refractivity contribution >= 4 is 40.1 Å². The van der Waals surface area contributed by atoms with Gasteiger partial charge in [-0.3, -0.25) is 24.1 Å². The topological polar surface area (TPSA) is 95.0 Å². The van der Waals surface area contributed by atoms with Crippen LogP contribution in [0.2, 0.25) is 0 Å². The van der Waals surface area contributed by atoms with Crippen LogP contribution in [0.15, 0.2) is 78.4 Å². The Hall–Kier alpha value is -4.26. The number of imide groups is 2. The van der Waals surface area contributed by atoms with E-state index in [1.165, 1.54) is 16.8 Å². The van der Waals surface area contributed by atoms with Crippen LogP contribution < -0.4 is 4.90 Å². The molecule has 3 fully saturated rings. The zero-order valence-corrected chi connectivity index (χ0v) is 21.7. The van der Waals surface area contributed by atoms with Gasteiger partial charge in [0, 0.05) is 18.4 Å². The number of para-hydroxylation sites is 1. The summed E-state index contributed by atoms with van der Waals surface area (Å²) in [6, 6.07) is 20.0. The van der Waals surface area contributed by atoms with E-state index in [0.29, 0.717) is 23.9 Å². The zero-order chi connectivity index (χ0) is 27.2. The highest BCUT2D eigenvalue weighted by Gasteiger charge is 2.67. The largest absolute Gasteiger partial charge is 0.507 e. The minimum absolute atomic E-state index is 0.138. The van der Waals surface area contributed by atoms with Crippen molar-refractivity contribution in [3.05, 3.63) is 83.9 Å². The molecule has 4 aliphatic rings. The van der Waals surface area contributed by atoms with Crippen LogP contribution in [0.3, 0.4) is 0 Å². The van der Waals surface area contributed by atoms with E-state index in [1.807, 2.05) is 49.4 Å². The van der Waals surface area contributed by atoms with Crippen LogP contribution in [0.4, 0.5) is 5.69 Å². The monoisotopic (exact) mass is 520 g/mol. The minimum atomic E-state index is -1.11. The molecular weight excluding hydrogens is 492 g/mol. The van der Waals surface area contributed by atoms with E-state index < -0.39 is 29.1 Å². The molecule has 7 nitrogen and oxygen atoms in total. The molecule has 2 aliphatic carbocycles. The van der Waals surface area contributed by atoms with E-state index in [0.717, 1.165) is 16.5 Å². The van der Waals surface area contributed by atoms with Crippen LogP contribution in [-0.2, 0) is 19.2 Å². The summed E-state index contributed by atoms with van der Waals surface area (Å²) in [7, 11) is 1.53. The van der Waals surface area contributed by atoms with Gasteiger partial charge >= 0.3 is 0 Å². The Morgan fingerprint density at radius 1 is 0.821 bits per heavy atom. The summed E-state index contributed by atoms with van der Waals surface area (Å²) in [4.78, 5) is 57.4. The van der Waals surface area contributed by atoms with Crippen LogP contribution in [0.1, 0.15) is 31.2 Å². The molecule has 196 valence electrons. The molecule has 2 heterocycles. The summed E-state index contributed by atoms with van der Waals surface area (Å²) in [6.07, 6.45) is 2.80. The zero-order valence-electron chi connectivity index (χ0n) is 21.7. The van der Waals surface area contributed by atoms with E-state index >= 15 is 0 Å². The summed E-state index contributed by atoms with van der Waals surface area (Å²) in [5, 5.41) is 12.1. The Bertz CT molecular complexity index is 1630. The maximum atomic E-state index is 14.4. The second-order valence-electron chi connectivity index (χ2n) is 11.5. The predicted octanol–water partition coefficient (Wildman–Crippen LogP) is 4.41. The Morgan fingerprint density at radius 3 is 2.26 bits per heavy atom. The fourth-order valence-corrected chi connectivity index (χ4v) is 7.90. The SMILES string of the molecule is CN1C(=O)[C@H]2[C@H](CC=C3[C@H]2C[C@H]2C(=O)N(c4ccccc4)C(=O)[C@@]2(C)[C@H]3c2ccc(O)c3ccccc23)C1=O. The molecule has 1 N–H and O–H groups in total. The molecule has 0 aromatic heterocycles. The lowest BCUT2D eigenvalue weighted by molar-refractivity contribution is -0.138. The standard InChI is InChI=1S/C32H28N2O5/c1-32-24(29(37)34(31(32)39)17-8-4-3-5-9-17)16-23-21(12-13-22-26(23)30(38)33(2)28(22)36)27(32)20-14-15-25(35)19-11-7-6-10-18(19)20/h3-12,14-15,22-24,26-27,35H,13,16H2,1-2H3/t22-,23+,24-,26-,27-,32+/m0/s1. The number of allylic oxidation sites excluding steroid dienone is 2. The van der Waals surface area contributed by atoms with Crippen molar-refractivity contribution in [1.29, 1.82) is 0 Å². The third-order valence-electron chi connectivity index (χ3n) is 9.76. The van der Waals surface area contributed by atoms with Gasteiger partial charge in [0.15, 0.2) is 0 Å². The van der Waals surface area contributed by atoms with Crippen LogP contribution >= 0.6 is 0 Å². The van der Waals surface area contributed by atoms with E-state index in [9.17, 15) is 24.3 Å². The number of hydrogen-bond acceptors (Lipinski definition) is 5. The number of benzene rings is 3. The number of hydrogen-bond donors (Lipinski definition) is 1. The average Bonchev–Trinajstić information content (AvgIpc) is 3.29. The first-order valence-corrected chi connectivity index (χ1v) is 13.4. The number of nitrogens with zero attached hydrogens (tertiary/aromatic N) is 2. The summed E-state index contributed by atoms with van der Waals surface area (Å²) >= 11 is 0. The van der Waals surface area contributed by atoms with Crippen molar-refractivity contribution in [1.82, 2.24) is 4.90 Å². The number of anilines is 1. The van der Waals surface area contributed by atoms with Crippen LogP contribution in [0.5, 0.6) is 5.75 Å². The number of rotatable bonds is 2. The molecule has 4 amide bonds. The number of carbonyl (C=O) groups is 4. The maximum Gasteiger partial charge on any atom is 0.241 e. The fraction of sp³-hybridized carbons (Fsp3) is 0.312. The van der Waals surface area contributed by atoms with Gasteiger partial charge < -0.3 is 5.11 Å². The number of amides is 4. The molecule has 3 aromatic carbocycles. The fourth-order valence-electron chi connectivity index (χ4n) is 7.90. The lowest BCUT2D eigenvalue weighted by Crippen LogP contribution is -2.48. The van der Waals surface area contributed by atoms with Gasteiger partial charge in [-0.25, -0.2) is 4.90 Å². The average molecular weight is 521 g/mol. The summed E-state index contributed by atoms with van der Waals surface area (Å²) < 4.78 is 0. The summed E-state index contributed by atoms with van der Waals surface area (Å²) in [6.45, 7) is 1.88. The maximum absolute atomic E-state index is 14.4. The van der Waals surface area contributed by atoms with Gasteiger partial charge in [-0.1, -0.05) is 60.2 Å². The first-order chi connectivity index (χ1) is 18.7. The lowest BCUT2D eigenvalue weighted by atomic mass is 9.51. The van der Waals surface area contributed by atoms with Crippen molar-refractivity contribution in [2.45, 2.75) is 25.7 Å². The Labute approximate surface area is 225 Å². The number of fused-ring (bicyclic) bond motifs is 5. The first kappa shape index (κ1) is 23.8. The number of likely N-dealkylation sites (tertiary alicyclic amines) is 1. The minimum Gasteiger partial charge on any atom is -0.507 e. The van der Waals surface area contributed by atoms with Gasteiger partial charge in [0.05, 0.1) is 28.9 Å². The quantitative estimate of drug-likeness (QED) is 0.399. The molecule has 39 heavy (non-hydrogen) atoms. The van der Waals surface area contributed by atoms with Crippen molar-refractivity contribution in [3.63, 3.8) is 0 Å². The van der Waals surface area contributed by atoms with Crippen LogP contribution in [0, 0.1) is 29.1 Å². The third kappa shape index (κ3) is 2.98. The Kier molecular flexibility index (Phi) is 4.96. The van der Waals surface area contributed by atoms with E-state index in [1.54, 1.807) is 30.3 Å². The van der Waals surface area contributed by atoms with Crippen molar-refractivity contribution < 1.29 is 24.3 Å². The molecule has 7 rings (SSSR count). The highest BCUT2D eigenvalue weighted by atomic mass is 16.3. The normalized spacial score (nSPS) is 31.8. The number of aromatic hydroxyl groups is 1. The van der Waals surface area contributed by atoms with Crippen molar-refractivity contribution in [2.75, 3.05) is 11.9 Å². The molecule has 0 bridgehead atoms. The van der Waals surface area contributed by atoms with Crippen molar-refractivity contribution in [3.8, 4) is 5.75 Å². The summed E-state index contributed by atoms with van der Waals surface area (Å²) in [5.41, 5.74) is 1.20. The first-order valence-electron chi connectivity index (χ1n) is 13.4. The second kappa shape index (κ2) is 8.12. The number of carbonyl (C=O) groups excluding carboxylic acids is 4. The molecule has 6 atom stereocenters. The molecule has 2 saturated heterocycles. The summed E-state index contributed by atoms with van der Waals surface area (Å²) in [5.74, 6) is -3.31. The van der Waals surface area contributed by atoms with Gasteiger partial charge in [-0.05, 0) is 54.8 Å². The number of phenolic OH excluding ortho intramolecular Hbond substituents is 1. The van der Waals surface area contributed by atoms with Crippen LogP contribution in [0.25, 0.3) is 10.8 Å². The second-order valence-corrected chi connectivity index (χ2v) is 11.5. The third-order valence-corrected chi connectivity index (χ3v) is 9.76. The van der Waals surface area contributed by atoms with Crippen LogP contribution in [-0.4, -0.2) is 40.7 Å². The predicted molar refractivity (Wildman–Crippen MR) is 144 cm³/mol. The van der Waals surface area contributed by atoms with Gasteiger partial charge in [0.25, 0.3) is 0 Å². The molecule has 1 saturated carbocycles. The van der Waals surface area contributed by atoms with E-state index in [4.69, 9.17) is 0 Å². The molecule has 7 heteroatoms. The Balaban J connectivity index is 1.48. The molecule has 0 spiro atoms. The molecular formula is C32H28N2O5. The van der Waals surface area contributed by atoms with E-state index in [-0.39, 0.29) is 35.3 Å². The van der Waals surface area contributed by atoms with Gasteiger partial charge in [0.2, 0.25) is 23.6 Å². The van der Waals surface area contributed by atoms with Gasteiger partial charge in [-0.2, -0.15) is 0 Å². The number of phenols is 1. The highest BCUT2D eigenvalue weighted by molar-refractivity contribution is 6.24. The van der Waals surface area contributed by atoms with E-state index in [2.05, 4.69) is 0 Å². The van der Waals surface area contributed by atoms with Crippen molar-refractivity contribution in [2.24, 2.45) is 29.1 Å². The van der Waals surface area contributed by atoms with Gasteiger partial charge in [-0.15, -0.1) is 0 Å². The smallest absolute Gasteiger partial charge is 0.241 e. The lowest BCUT2D eigenvalue weighted by Gasteiger charge is -2.49. The molecule has 0 radical (unpaired) electrons. The Morgan fingerprint density at radius 2 is 1.51 bits per heavy atom.